The summed E-state index contributed by atoms with van der Waals surface area (Å²) in [7, 11) is 1.67. The van der Waals surface area contributed by atoms with E-state index in [4.69, 9.17) is 9.47 Å². The summed E-state index contributed by atoms with van der Waals surface area (Å²) in [6.07, 6.45) is 1.48. The number of hydrogen-bond acceptors (Lipinski definition) is 4. The number of pyridine rings is 1. The number of benzene rings is 2. The molecule has 6 heteroatoms. The Morgan fingerprint density at radius 3 is 2.84 bits per heavy atom. The fourth-order valence-corrected chi connectivity index (χ4v) is 2.92. The van der Waals surface area contributed by atoms with Gasteiger partial charge in [-0.25, -0.2) is 0 Å². The third-order valence-corrected chi connectivity index (χ3v) is 4.22. The first-order valence-electron chi connectivity index (χ1n) is 7.88. The SMILES string of the molecule is CN(Cc1ccc2c(c1)OCO2)C(=O)c1c[nH]c2ccccc2c1=O. The van der Waals surface area contributed by atoms with E-state index in [2.05, 4.69) is 4.98 Å². The maximum atomic E-state index is 12.7. The average molecular weight is 336 g/mol. The molecular weight excluding hydrogens is 320 g/mol. The number of carbonyl (C=O) groups is 1. The van der Waals surface area contributed by atoms with E-state index in [1.54, 1.807) is 25.2 Å². The third-order valence-electron chi connectivity index (χ3n) is 4.22. The maximum Gasteiger partial charge on any atom is 0.259 e. The molecule has 2 aromatic carbocycles. The van der Waals surface area contributed by atoms with Crippen molar-refractivity contribution >= 4 is 16.8 Å². The first-order chi connectivity index (χ1) is 12.1. The van der Waals surface area contributed by atoms with Gasteiger partial charge in [0.15, 0.2) is 11.5 Å². The van der Waals surface area contributed by atoms with Crippen LogP contribution in [0.25, 0.3) is 10.9 Å². The Hall–Kier alpha value is -3.28. The lowest BCUT2D eigenvalue weighted by Crippen LogP contribution is -2.30. The molecule has 1 aromatic heterocycles. The number of rotatable bonds is 3. The van der Waals surface area contributed by atoms with Crippen LogP contribution in [0.4, 0.5) is 0 Å². The predicted octanol–water partition coefficient (Wildman–Crippen LogP) is 2.53. The van der Waals surface area contributed by atoms with Crippen molar-refractivity contribution in [1.82, 2.24) is 9.88 Å². The Morgan fingerprint density at radius 2 is 1.96 bits per heavy atom. The quantitative estimate of drug-likeness (QED) is 0.798. The molecule has 3 aromatic rings. The highest BCUT2D eigenvalue weighted by atomic mass is 16.7. The summed E-state index contributed by atoms with van der Waals surface area (Å²) in [5.74, 6) is 1.04. The number of para-hydroxylation sites is 1. The summed E-state index contributed by atoms with van der Waals surface area (Å²) < 4.78 is 10.6. The minimum atomic E-state index is -0.329. The molecule has 4 rings (SSSR count). The van der Waals surface area contributed by atoms with Crippen molar-refractivity contribution < 1.29 is 14.3 Å². The Labute approximate surface area is 143 Å². The van der Waals surface area contributed by atoms with E-state index in [1.165, 1.54) is 11.1 Å². The lowest BCUT2D eigenvalue weighted by Gasteiger charge is -2.17. The van der Waals surface area contributed by atoms with Gasteiger partial charge in [0.1, 0.15) is 5.56 Å². The van der Waals surface area contributed by atoms with Crippen molar-refractivity contribution in [3.63, 3.8) is 0 Å². The Kier molecular flexibility index (Phi) is 3.65. The van der Waals surface area contributed by atoms with Gasteiger partial charge in [-0.1, -0.05) is 18.2 Å². The van der Waals surface area contributed by atoms with Crippen LogP contribution in [0.2, 0.25) is 0 Å². The van der Waals surface area contributed by atoms with E-state index in [0.717, 1.165) is 5.56 Å². The van der Waals surface area contributed by atoms with Crippen molar-refractivity contribution in [2.45, 2.75) is 6.54 Å². The van der Waals surface area contributed by atoms with Gasteiger partial charge in [0, 0.05) is 30.7 Å². The zero-order valence-electron chi connectivity index (χ0n) is 13.6. The topological polar surface area (TPSA) is 71.6 Å². The van der Waals surface area contributed by atoms with Gasteiger partial charge in [-0.3, -0.25) is 9.59 Å². The number of fused-ring (bicyclic) bond motifs is 2. The number of aromatic amines is 1. The second-order valence-corrected chi connectivity index (χ2v) is 5.93. The van der Waals surface area contributed by atoms with Crippen LogP contribution in [0, 0.1) is 0 Å². The standard InChI is InChI=1S/C19H16N2O4/c1-21(10-12-6-7-16-17(8-12)25-11-24-16)19(23)14-9-20-15-5-3-2-4-13(15)18(14)22/h2-9H,10-11H2,1H3,(H,20,22). The van der Waals surface area contributed by atoms with Crippen LogP contribution in [0.15, 0.2) is 53.5 Å². The monoisotopic (exact) mass is 336 g/mol. The number of ether oxygens (including phenoxy) is 2. The molecule has 0 radical (unpaired) electrons. The van der Waals surface area contributed by atoms with Crippen molar-refractivity contribution in [3.05, 3.63) is 70.0 Å². The van der Waals surface area contributed by atoms with Crippen LogP contribution in [-0.4, -0.2) is 29.6 Å². The highest BCUT2D eigenvalue weighted by Gasteiger charge is 2.19. The molecule has 0 saturated heterocycles. The molecule has 6 nitrogen and oxygen atoms in total. The second kappa shape index (κ2) is 5.98. The molecule has 0 bridgehead atoms. The summed E-state index contributed by atoms with van der Waals surface area (Å²) in [5, 5.41) is 0.504. The van der Waals surface area contributed by atoms with E-state index >= 15 is 0 Å². The van der Waals surface area contributed by atoms with E-state index < -0.39 is 0 Å². The van der Waals surface area contributed by atoms with Crippen LogP contribution < -0.4 is 14.9 Å². The fourth-order valence-electron chi connectivity index (χ4n) is 2.92. The number of nitrogens with zero attached hydrogens (tertiary/aromatic N) is 1. The molecular formula is C19H16N2O4. The summed E-state index contributed by atoms with van der Waals surface area (Å²) >= 11 is 0. The van der Waals surface area contributed by atoms with Gasteiger partial charge in [-0.15, -0.1) is 0 Å². The maximum absolute atomic E-state index is 12.7. The van der Waals surface area contributed by atoms with E-state index in [0.29, 0.717) is 28.9 Å². The second-order valence-electron chi connectivity index (χ2n) is 5.93. The lowest BCUT2D eigenvalue weighted by atomic mass is 10.1. The Morgan fingerprint density at radius 1 is 1.16 bits per heavy atom. The molecule has 2 heterocycles. The van der Waals surface area contributed by atoms with E-state index in [1.807, 2.05) is 24.3 Å². The molecule has 25 heavy (non-hydrogen) atoms. The molecule has 0 unspecified atom stereocenters. The number of aromatic nitrogens is 1. The van der Waals surface area contributed by atoms with E-state index in [-0.39, 0.29) is 23.7 Å². The number of amides is 1. The zero-order valence-corrected chi connectivity index (χ0v) is 13.6. The largest absolute Gasteiger partial charge is 0.454 e. The average Bonchev–Trinajstić information content (AvgIpc) is 3.09. The lowest BCUT2D eigenvalue weighted by molar-refractivity contribution is 0.0783. The summed E-state index contributed by atoms with van der Waals surface area (Å²) in [5.41, 5.74) is 1.47. The van der Waals surface area contributed by atoms with Gasteiger partial charge in [0.2, 0.25) is 12.2 Å². The normalized spacial score (nSPS) is 12.4. The van der Waals surface area contributed by atoms with Gasteiger partial charge in [-0.05, 0) is 29.8 Å². The zero-order chi connectivity index (χ0) is 17.4. The minimum absolute atomic E-state index is 0.127. The van der Waals surface area contributed by atoms with Gasteiger partial charge >= 0.3 is 0 Å². The smallest absolute Gasteiger partial charge is 0.259 e. The van der Waals surface area contributed by atoms with Gasteiger partial charge < -0.3 is 19.4 Å². The van der Waals surface area contributed by atoms with Crippen LogP contribution >= 0.6 is 0 Å². The summed E-state index contributed by atoms with van der Waals surface area (Å²) in [4.78, 5) is 29.8. The van der Waals surface area contributed by atoms with Crippen molar-refractivity contribution in [3.8, 4) is 11.5 Å². The molecule has 1 aliphatic rings. The molecule has 0 fully saturated rings. The minimum Gasteiger partial charge on any atom is -0.454 e. The van der Waals surface area contributed by atoms with E-state index in [9.17, 15) is 9.59 Å². The first kappa shape index (κ1) is 15.3. The molecule has 126 valence electrons. The van der Waals surface area contributed by atoms with Crippen LogP contribution in [-0.2, 0) is 6.54 Å². The number of carbonyl (C=O) groups excluding carboxylic acids is 1. The van der Waals surface area contributed by atoms with Crippen LogP contribution in [0.5, 0.6) is 11.5 Å². The molecule has 0 spiro atoms. The highest BCUT2D eigenvalue weighted by Crippen LogP contribution is 2.32. The Balaban J connectivity index is 1.60. The molecule has 1 N–H and O–H groups in total. The summed E-state index contributed by atoms with van der Waals surface area (Å²) in [6.45, 7) is 0.571. The number of nitrogens with one attached hydrogen (secondary N) is 1. The van der Waals surface area contributed by atoms with Crippen molar-refractivity contribution in [2.75, 3.05) is 13.8 Å². The molecule has 0 atom stereocenters. The van der Waals surface area contributed by atoms with Crippen molar-refractivity contribution in [1.29, 1.82) is 0 Å². The highest BCUT2D eigenvalue weighted by molar-refractivity contribution is 5.96. The summed E-state index contributed by atoms with van der Waals surface area (Å²) in [6, 6.07) is 12.7. The third kappa shape index (κ3) is 2.71. The first-order valence-corrected chi connectivity index (χ1v) is 7.88. The Bertz CT molecular complexity index is 1030. The van der Waals surface area contributed by atoms with Crippen LogP contribution in [0.1, 0.15) is 15.9 Å². The number of H-pyrrole nitrogens is 1. The fraction of sp³-hybridized carbons (Fsp3) is 0.158. The van der Waals surface area contributed by atoms with Crippen molar-refractivity contribution in [2.24, 2.45) is 0 Å². The van der Waals surface area contributed by atoms with Gasteiger partial charge in [-0.2, -0.15) is 0 Å². The van der Waals surface area contributed by atoms with Gasteiger partial charge in [0.05, 0.1) is 0 Å². The predicted molar refractivity (Wildman–Crippen MR) is 92.9 cm³/mol. The molecule has 1 aliphatic heterocycles. The molecule has 1 amide bonds. The van der Waals surface area contributed by atoms with Gasteiger partial charge in [0.25, 0.3) is 5.91 Å². The molecule has 0 saturated carbocycles. The number of hydrogen-bond donors (Lipinski definition) is 1. The van der Waals surface area contributed by atoms with Crippen LogP contribution in [0.3, 0.4) is 0 Å². The molecule has 0 aliphatic carbocycles.